The lowest BCUT2D eigenvalue weighted by molar-refractivity contribution is 0.0370. The lowest BCUT2D eigenvalue weighted by Crippen LogP contribution is -2.20. The van der Waals surface area contributed by atoms with E-state index in [1.54, 1.807) is 6.92 Å². The summed E-state index contributed by atoms with van der Waals surface area (Å²) in [6.07, 6.45) is 0.940. The molecule has 5 heteroatoms. The second-order valence-corrected chi connectivity index (χ2v) is 3.58. The lowest BCUT2D eigenvalue weighted by atomic mass is 10.1. The summed E-state index contributed by atoms with van der Waals surface area (Å²) in [5.41, 5.74) is 2.18. The predicted octanol–water partition coefficient (Wildman–Crippen LogP) is 1.05. The summed E-state index contributed by atoms with van der Waals surface area (Å²) in [6, 6.07) is 0. The molecule has 2 rings (SSSR count). The Hall–Kier alpha value is -1.36. The van der Waals surface area contributed by atoms with Gasteiger partial charge in [0.25, 0.3) is 0 Å². The van der Waals surface area contributed by atoms with Gasteiger partial charge in [0, 0.05) is 17.7 Å². The second-order valence-electron chi connectivity index (χ2n) is 3.58. The van der Waals surface area contributed by atoms with Crippen molar-refractivity contribution in [3.05, 3.63) is 17.0 Å². The van der Waals surface area contributed by atoms with Gasteiger partial charge in [-0.2, -0.15) is 5.10 Å². The molecule has 1 atom stereocenters. The molecule has 0 radical (unpaired) electrons. The first-order valence-electron chi connectivity index (χ1n) is 5.07. The van der Waals surface area contributed by atoms with E-state index in [1.807, 2.05) is 6.92 Å². The van der Waals surface area contributed by atoms with Crippen LogP contribution in [0.15, 0.2) is 0 Å². The summed E-state index contributed by atoms with van der Waals surface area (Å²) < 4.78 is 10.4. The molecule has 1 N–H and O–H groups in total. The van der Waals surface area contributed by atoms with E-state index in [2.05, 4.69) is 10.2 Å². The minimum Gasteiger partial charge on any atom is -0.461 e. The summed E-state index contributed by atoms with van der Waals surface area (Å²) in [4.78, 5) is 11.5. The molecular weight excluding hydrogens is 196 g/mol. The summed E-state index contributed by atoms with van der Waals surface area (Å²) >= 11 is 0. The quantitative estimate of drug-likeness (QED) is 0.741. The monoisotopic (exact) mass is 210 g/mol. The Kier molecular flexibility index (Phi) is 2.73. The molecule has 0 aromatic carbocycles. The number of fused-ring (bicyclic) bond motifs is 1. The third-order valence-electron chi connectivity index (χ3n) is 2.43. The van der Waals surface area contributed by atoms with Crippen molar-refractivity contribution in [2.75, 3.05) is 6.61 Å². The van der Waals surface area contributed by atoms with Crippen LogP contribution in [0.2, 0.25) is 0 Å². The number of rotatable bonds is 2. The van der Waals surface area contributed by atoms with E-state index in [4.69, 9.17) is 9.47 Å². The molecule has 1 aliphatic heterocycles. The van der Waals surface area contributed by atoms with Gasteiger partial charge in [-0.1, -0.05) is 0 Å². The van der Waals surface area contributed by atoms with Crippen LogP contribution in [0.4, 0.5) is 0 Å². The maximum Gasteiger partial charge on any atom is 0.359 e. The van der Waals surface area contributed by atoms with Crippen molar-refractivity contribution in [1.82, 2.24) is 10.2 Å². The van der Waals surface area contributed by atoms with Crippen molar-refractivity contribution in [2.24, 2.45) is 0 Å². The van der Waals surface area contributed by atoms with Gasteiger partial charge in [0.2, 0.25) is 0 Å². The number of carbonyl (C=O) groups excluding carboxylic acids is 1. The molecule has 0 amide bonds. The average molecular weight is 210 g/mol. The molecule has 0 aliphatic carbocycles. The number of esters is 1. The van der Waals surface area contributed by atoms with Crippen molar-refractivity contribution >= 4 is 5.97 Å². The van der Waals surface area contributed by atoms with Crippen LogP contribution in [0.5, 0.6) is 0 Å². The van der Waals surface area contributed by atoms with Gasteiger partial charge in [-0.15, -0.1) is 0 Å². The number of nitrogens with one attached hydrogen (secondary N) is 1. The second kappa shape index (κ2) is 4.02. The van der Waals surface area contributed by atoms with Gasteiger partial charge in [-0.3, -0.25) is 5.10 Å². The van der Waals surface area contributed by atoms with Crippen LogP contribution in [0, 0.1) is 0 Å². The molecule has 0 bridgehead atoms. The highest BCUT2D eigenvalue weighted by molar-refractivity contribution is 5.89. The van der Waals surface area contributed by atoms with E-state index in [-0.39, 0.29) is 12.1 Å². The number of carbonyl (C=O) groups is 1. The highest BCUT2D eigenvalue weighted by atomic mass is 16.5. The van der Waals surface area contributed by atoms with Gasteiger partial charge in [0.15, 0.2) is 5.69 Å². The normalized spacial score (nSPS) is 19.7. The molecule has 1 unspecified atom stereocenters. The molecule has 0 saturated carbocycles. The van der Waals surface area contributed by atoms with Crippen molar-refractivity contribution < 1.29 is 14.3 Å². The standard InChI is InChI=1S/C10H14N2O3/c1-3-14-10(13)9-7-5-15-6(2)4-8(7)11-12-9/h6H,3-5H2,1-2H3,(H,11,12). The third-order valence-corrected chi connectivity index (χ3v) is 2.43. The number of H-pyrrole nitrogens is 1. The summed E-state index contributed by atoms with van der Waals surface area (Å²) in [5, 5.41) is 6.84. The summed E-state index contributed by atoms with van der Waals surface area (Å²) in [6.45, 7) is 4.56. The molecule has 0 fully saturated rings. The Balaban J connectivity index is 2.24. The van der Waals surface area contributed by atoms with Gasteiger partial charge >= 0.3 is 5.97 Å². The highest BCUT2D eigenvalue weighted by Crippen LogP contribution is 2.21. The van der Waals surface area contributed by atoms with Crippen LogP contribution in [-0.2, 0) is 22.5 Å². The fraction of sp³-hybridized carbons (Fsp3) is 0.600. The minimum atomic E-state index is -0.381. The zero-order valence-corrected chi connectivity index (χ0v) is 8.87. The first-order chi connectivity index (χ1) is 7.22. The van der Waals surface area contributed by atoms with Crippen molar-refractivity contribution in [2.45, 2.75) is 33.0 Å². The molecule has 2 heterocycles. The van der Waals surface area contributed by atoms with Crippen LogP contribution < -0.4 is 0 Å². The molecule has 5 nitrogen and oxygen atoms in total. The van der Waals surface area contributed by atoms with E-state index >= 15 is 0 Å². The molecule has 1 aromatic heterocycles. The first-order valence-corrected chi connectivity index (χ1v) is 5.07. The topological polar surface area (TPSA) is 64.2 Å². The van der Waals surface area contributed by atoms with Gasteiger partial charge in [-0.05, 0) is 13.8 Å². The molecule has 0 spiro atoms. The van der Waals surface area contributed by atoms with Crippen LogP contribution in [0.3, 0.4) is 0 Å². The molecular formula is C10H14N2O3. The SMILES string of the molecule is CCOC(=O)c1n[nH]c2c1COC(C)C2. The van der Waals surface area contributed by atoms with E-state index < -0.39 is 0 Å². The van der Waals surface area contributed by atoms with Crippen LogP contribution >= 0.6 is 0 Å². The van der Waals surface area contributed by atoms with Crippen molar-refractivity contribution in [3.63, 3.8) is 0 Å². The maximum absolute atomic E-state index is 11.5. The van der Waals surface area contributed by atoms with E-state index in [0.717, 1.165) is 17.7 Å². The molecule has 1 aliphatic rings. The first kappa shape index (κ1) is 10.2. The van der Waals surface area contributed by atoms with Gasteiger partial charge in [0.05, 0.1) is 19.3 Å². The fourth-order valence-corrected chi connectivity index (χ4v) is 1.67. The van der Waals surface area contributed by atoms with Crippen LogP contribution in [0.1, 0.15) is 35.6 Å². The predicted molar refractivity (Wildman–Crippen MR) is 52.5 cm³/mol. The Morgan fingerprint density at radius 1 is 1.73 bits per heavy atom. The van der Waals surface area contributed by atoms with E-state index in [0.29, 0.717) is 18.9 Å². The number of hydrogen-bond donors (Lipinski definition) is 1. The fourth-order valence-electron chi connectivity index (χ4n) is 1.67. The number of aromatic amines is 1. The van der Waals surface area contributed by atoms with E-state index in [1.165, 1.54) is 0 Å². The van der Waals surface area contributed by atoms with Crippen LogP contribution in [0.25, 0.3) is 0 Å². The minimum absolute atomic E-state index is 0.174. The van der Waals surface area contributed by atoms with Crippen molar-refractivity contribution in [3.8, 4) is 0 Å². The number of hydrogen-bond acceptors (Lipinski definition) is 4. The lowest BCUT2D eigenvalue weighted by Gasteiger charge is -2.18. The van der Waals surface area contributed by atoms with E-state index in [9.17, 15) is 4.79 Å². The molecule has 0 saturated heterocycles. The average Bonchev–Trinajstić information content (AvgIpc) is 2.60. The van der Waals surface area contributed by atoms with Crippen LogP contribution in [-0.4, -0.2) is 28.9 Å². The third kappa shape index (κ3) is 1.87. The number of ether oxygens (including phenoxy) is 2. The molecule has 82 valence electrons. The highest BCUT2D eigenvalue weighted by Gasteiger charge is 2.25. The largest absolute Gasteiger partial charge is 0.461 e. The summed E-state index contributed by atoms with van der Waals surface area (Å²) in [7, 11) is 0. The Morgan fingerprint density at radius 3 is 3.27 bits per heavy atom. The van der Waals surface area contributed by atoms with Crippen molar-refractivity contribution in [1.29, 1.82) is 0 Å². The Bertz CT molecular complexity index is 373. The number of nitrogens with zero attached hydrogens (tertiary/aromatic N) is 1. The summed E-state index contributed by atoms with van der Waals surface area (Å²) in [5.74, 6) is -0.381. The molecule has 15 heavy (non-hydrogen) atoms. The van der Waals surface area contributed by atoms with Gasteiger partial charge in [0.1, 0.15) is 0 Å². The number of aromatic nitrogens is 2. The van der Waals surface area contributed by atoms with Gasteiger partial charge < -0.3 is 9.47 Å². The zero-order valence-electron chi connectivity index (χ0n) is 8.87. The maximum atomic E-state index is 11.5. The Labute approximate surface area is 87.8 Å². The van der Waals surface area contributed by atoms with Gasteiger partial charge in [-0.25, -0.2) is 4.79 Å². The zero-order chi connectivity index (χ0) is 10.8. The smallest absolute Gasteiger partial charge is 0.359 e. The Morgan fingerprint density at radius 2 is 2.53 bits per heavy atom. The molecule has 1 aromatic rings.